The number of hydrogen-bond acceptors (Lipinski definition) is 7. The Morgan fingerprint density at radius 2 is 1.70 bits per heavy atom. The van der Waals surface area contributed by atoms with Gasteiger partial charge in [0.2, 0.25) is 5.95 Å². The molecule has 3 aromatic heterocycles. The van der Waals surface area contributed by atoms with Crippen LogP contribution in [0.4, 0.5) is 23.1 Å². The number of nitrogen functional groups attached to an aromatic ring is 1. The number of para-hydroxylation sites is 1. The maximum Gasteiger partial charge on any atom is 0.231 e. The molecule has 0 amide bonds. The number of nitrogens with two attached hydrogens (primary N) is 1. The SMILES string of the molecule is CN1CCN(c2ccc(Nc3nc(-n4nc(N)c5ccccc54)c4cc[nH]c4n3)cc2)CC1. The van der Waals surface area contributed by atoms with E-state index in [1.807, 2.05) is 36.5 Å². The second-order valence-electron chi connectivity index (χ2n) is 8.39. The quantitative estimate of drug-likeness (QED) is 0.394. The van der Waals surface area contributed by atoms with Crippen LogP contribution >= 0.6 is 0 Å². The summed E-state index contributed by atoms with van der Waals surface area (Å²) in [7, 11) is 2.17. The maximum atomic E-state index is 6.17. The molecule has 0 radical (unpaired) electrons. The summed E-state index contributed by atoms with van der Waals surface area (Å²) in [6, 6.07) is 18.2. The summed E-state index contributed by atoms with van der Waals surface area (Å²) in [5.74, 6) is 1.64. The number of anilines is 4. The largest absolute Gasteiger partial charge is 0.382 e. The zero-order valence-electron chi connectivity index (χ0n) is 18.4. The first kappa shape index (κ1) is 19.6. The highest BCUT2D eigenvalue weighted by Crippen LogP contribution is 2.28. The first-order valence-electron chi connectivity index (χ1n) is 11.0. The van der Waals surface area contributed by atoms with Crippen molar-refractivity contribution in [1.82, 2.24) is 29.6 Å². The first-order chi connectivity index (χ1) is 16.2. The van der Waals surface area contributed by atoms with E-state index < -0.39 is 0 Å². The summed E-state index contributed by atoms with van der Waals surface area (Å²) in [5, 5.41) is 9.68. The van der Waals surface area contributed by atoms with E-state index in [0.29, 0.717) is 17.6 Å². The van der Waals surface area contributed by atoms with Crippen LogP contribution in [0.25, 0.3) is 27.8 Å². The number of nitrogens with zero attached hydrogens (tertiary/aromatic N) is 6. The molecule has 2 aromatic carbocycles. The Labute approximate surface area is 190 Å². The van der Waals surface area contributed by atoms with Crippen molar-refractivity contribution in [3.8, 4) is 5.82 Å². The number of piperazine rings is 1. The molecule has 0 aliphatic carbocycles. The molecule has 4 N–H and O–H groups in total. The average Bonchev–Trinajstić information content (AvgIpc) is 3.44. The predicted octanol–water partition coefficient (Wildman–Crippen LogP) is 3.37. The van der Waals surface area contributed by atoms with Crippen LogP contribution < -0.4 is 16.0 Å². The van der Waals surface area contributed by atoms with Gasteiger partial charge in [0.25, 0.3) is 0 Å². The summed E-state index contributed by atoms with van der Waals surface area (Å²) >= 11 is 0. The number of fused-ring (bicyclic) bond motifs is 2. The van der Waals surface area contributed by atoms with Crippen LogP contribution in [0.3, 0.4) is 0 Å². The number of likely N-dealkylation sites (N-methyl/N-ethyl adjacent to an activating group) is 1. The van der Waals surface area contributed by atoms with Crippen molar-refractivity contribution >= 4 is 45.1 Å². The summed E-state index contributed by atoms with van der Waals surface area (Å²) in [6.07, 6.45) is 1.85. The fraction of sp³-hybridized carbons (Fsp3) is 0.208. The molecule has 4 heterocycles. The fourth-order valence-electron chi connectivity index (χ4n) is 4.34. The lowest BCUT2D eigenvalue weighted by atomic mass is 10.2. The van der Waals surface area contributed by atoms with Gasteiger partial charge in [0.1, 0.15) is 5.65 Å². The van der Waals surface area contributed by atoms with E-state index in [1.54, 1.807) is 4.68 Å². The monoisotopic (exact) mass is 439 g/mol. The number of aromatic amines is 1. The fourth-order valence-corrected chi connectivity index (χ4v) is 4.34. The highest BCUT2D eigenvalue weighted by molar-refractivity contribution is 5.93. The minimum Gasteiger partial charge on any atom is -0.382 e. The number of hydrogen-bond donors (Lipinski definition) is 3. The smallest absolute Gasteiger partial charge is 0.231 e. The standard InChI is InChI=1S/C24H25N9/c1-31-12-14-32(15-13-31)17-8-6-16(7-9-17)27-24-28-22-19(10-11-26-22)23(29-24)33-20-5-3-2-4-18(20)21(25)30-33/h2-11H,12-15H2,1H3,(H2,25,30)(H2,26,27,28,29). The minimum atomic E-state index is 0.474. The third kappa shape index (κ3) is 3.52. The summed E-state index contributed by atoms with van der Waals surface area (Å²) in [6.45, 7) is 4.25. The van der Waals surface area contributed by atoms with Crippen LogP contribution in [0.15, 0.2) is 60.8 Å². The van der Waals surface area contributed by atoms with Crippen molar-refractivity contribution in [1.29, 1.82) is 0 Å². The molecule has 9 nitrogen and oxygen atoms in total. The molecule has 9 heteroatoms. The van der Waals surface area contributed by atoms with Gasteiger partial charge in [-0.05, 0) is 49.5 Å². The zero-order chi connectivity index (χ0) is 22.4. The van der Waals surface area contributed by atoms with Gasteiger partial charge in [0.15, 0.2) is 11.6 Å². The Bertz CT molecular complexity index is 1430. The van der Waals surface area contributed by atoms with E-state index in [-0.39, 0.29) is 0 Å². The third-order valence-corrected chi connectivity index (χ3v) is 6.20. The summed E-state index contributed by atoms with van der Waals surface area (Å²) in [4.78, 5) is 17.4. The number of H-pyrrole nitrogens is 1. The lowest BCUT2D eigenvalue weighted by Crippen LogP contribution is -2.44. The van der Waals surface area contributed by atoms with Crippen molar-refractivity contribution in [3.05, 3.63) is 60.8 Å². The molecule has 1 aliphatic heterocycles. The van der Waals surface area contributed by atoms with Crippen LogP contribution in [0.1, 0.15) is 0 Å². The average molecular weight is 440 g/mol. The molecule has 166 valence electrons. The molecule has 1 aliphatic rings. The van der Waals surface area contributed by atoms with E-state index in [1.165, 1.54) is 5.69 Å². The summed E-state index contributed by atoms with van der Waals surface area (Å²) < 4.78 is 1.78. The number of nitrogens with one attached hydrogen (secondary N) is 2. The normalized spacial score (nSPS) is 14.9. The van der Waals surface area contributed by atoms with Crippen LogP contribution in [0, 0.1) is 0 Å². The molecule has 1 saturated heterocycles. The molecule has 0 atom stereocenters. The molecule has 1 fully saturated rings. The molecule has 0 spiro atoms. The second-order valence-corrected chi connectivity index (χ2v) is 8.39. The number of rotatable bonds is 4. The Morgan fingerprint density at radius 3 is 2.52 bits per heavy atom. The van der Waals surface area contributed by atoms with Gasteiger partial charge in [0, 0.05) is 49.1 Å². The Kier molecular flexibility index (Phi) is 4.62. The van der Waals surface area contributed by atoms with Gasteiger partial charge in [-0.1, -0.05) is 12.1 Å². The van der Waals surface area contributed by atoms with E-state index >= 15 is 0 Å². The minimum absolute atomic E-state index is 0.474. The van der Waals surface area contributed by atoms with Crippen molar-refractivity contribution < 1.29 is 0 Å². The topological polar surface area (TPSA) is 104 Å². The third-order valence-electron chi connectivity index (χ3n) is 6.20. The van der Waals surface area contributed by atoms with Gasteiger partial charge in [-0.15, -0.1) is 5.10 Å². The highest BCUT2D eigenvalue weighted by Gasteiger charge is 2.17. The maximum absolute atomic E-state index is 6.17. The Morgan fingerprint density at radius 1 is 0.909 bits per heavy atom. The van der Waals surface area contributed by atoms with Crippen molar-refractivity contribution in [2.75, 3.05) is 49.2 Å². The van der Waals surface area contributed by atoms with Crippen LogP contribution in [0.2, 0.25) is 0 Å². The van der Waals surface area contributed by atoms with Crippen molar-refractivity contribution in [2.45, 2.75) is 0 Å². The van der Waals surface area contributed by atoms with E-state index in [9.17, 15) is 0 Å². The molecule has 0 unspecified atom stereocenters. The van der Waals surface area contributed by atoms with Gasteiger partial charge in [-0.2, -0.15) is 9.97 Å². The molecule has 6 rings (SSSR count). The second kappa shape index (κ2) is 7.79. The van der Waals surface area contributed by atoms with Gasteiger partial charge in [0.05, 0.1) is 10.9 Å². The van der Waals surface area contributed by atoms with Gasteiger partial charge in [-0.3, -0.25) is 0 Å². The van der Waals surface area contributed by atoms with Gasteiger partial charge < -0.3 is 25.8 Å². The molecule has 0 bridgehead atoms. The summed E-state index contributed by atoms with van der Waals surface area (Å²) in [5.41, 5.74) is 9.96. The Hall–Kier alpha value is -4.11. The molecule has 5 aromatic rings. The molecular weight excluding hydrogens is 414 g/mol. The Balaban J connectivity index is 1.34. The van der Waals surface area contributed by atoms with Crippen LogP contribution in [0.5, 0.6) is 0 Å². The van der Waals surface area contributed by atoms with Crippen LogP contribution in [-0.4, -0.2) is 62.9 Å². The molecular formula is C24H25N9. The zero-order valence-corrected chi connectivity index (χ0v) is 18.4. The van der Waals surface area contributed by atoms with Crippen LogP contribution in [-0.2, 0) is 0 Å². The van der Waals surface area contributed by atoms with E-state index in [2.05, 4.69) is 61.5 Å². The number of benzene rings is 2. The van der Waals surface area contributed by atoms with Crippen molar-refractivity contribution in [3.63, 3.8) is 0 Å². The lowest BCUT2D eigenvalue weighted by molar-refractivity contribution is 0.313. The van der Waals surface area contributed by atoms with E-state index in [4.69, 9.17) is 10.7 Å². The predicted molar refractivity (Wildman–Crippen MR) is 132 cm³/mol. The van der Waals surface area contributed by atoms with Crippen molar-refractivity contribution in [2.24, 2.45) is 0 Å². The van der Waals surface area contributed by atoms with Gasteiger partial charge in [-0.25, -0.2) is 4.68 Å². The lowest BCUT2D eigenvalue weighted by Gasteiger charge is -2.34. The molecule has 0 saturated carbocycles. The highest BCUT2D eigenvalue weighted by atomic mass is 15.3. The number of aromatic nitrogens is 5. The molecule has 33 heavy (non-hydrogen) atoms. The van der Waals surface area contributed by atoms with E-state index in [0.717, 1.165) is 53.8 Å². The first-order valence-corrected chi connectivity index (χ1v) is 11.0. The van der Waals surface area contributed by atoms with Gasteiger partial charge >= 0.3 is 0 Å².